The first-order chi connectivity index (χ1) is 11.8. The standard InChI is InChI=1S/C19H23N3O2/c1-2-10-22(9-1)12-13-3-5-14(6-4-13)18-20-19(24-21-18)16-11-15-7-8-17(16)23-15/h3-6,15-17H,1-2,7-12H2. The van der Waals surface area contributed by atoms with Gasteiger partial charge in [0.25, 0.3) is 0 Å². The van der Waals surface area contributed by atoms with Crippen molar-refractivity contribution in [2.45, 2.75) is 56.8 Å². The number of likely N-dealkylation sites (tertiary alicyclic amines) is 1. The maximum atomic E-state index is 5.90. The highest BCUT2D eigenvalue weighted by atomic mass is 16.5. The molecule has 5 rings (SSSR count). The maximum Gasteiger partial charge on any atom is 0.232 e. The van der Waals surface area contributed by atoms with Crippen LogP contribution in [0.4, 0.5) is 0 Å². The fraction of sp³-hybridized carbons (Fsp3) is 0.579. The van der Waals surface area contributed by atoms with Gasteiger partial charge in [-0.25, -0.2) is 0 Å². The first kappa shape index (κ1) is 14.6. The average molecular weight is 325 g/mol. The number of ether oxygens (including phenoxy) is 1. The van der Waals surface area contributed by atoms with Gasteiger partial charge in [-0.3, -0.25) is 4.90 Å². The minimum atomic E-state index is 0.283. The molecule has 0 saturated carbocycles. The van der Waals surface area contributed by atoms with Gasteiger partial charge in [0.05, 0.1) is 18.1 Å². The molecular weight excluding hydrogens is 302 g/mol. The summed E-state index contributed by atoms with van der Waals surface area (Å²) in [6.07, 6.45) is 6.68. The Morgan fingerprint density at radius 1 is 1.08 bits per heavy atom. The zero-order chi connectivity index (χ0) is 15.9. The molecule has 0 aliphatic carbocycles. The lowest BCUT2D eigenvalue weighted by atomic mass is 9.89. The van der Waals surface area contributed by atoms with Crippen LogP contribution in [0.2, 0.25) is 0 Å². The largest absolute Gasteiger partial charge is 0.374 e. The number of aromatic nitrogens is 2. The first-order valence-electron chi connectivity index (χ1n) is 9.16. The minimum Gasteiger partial charge on any atom is -0.374 e. The Morgan fingerprint density at radius 2 is 1.92 bits per heavy atom. The van der Waals surface area contributed by atoms with Gasteiger partial charge < -0.3 is 9.26 Å². The van der Waals surface area contributed by atoms with Crippen molar-refractivity contribution in [2.24, 2.45) is 0 Å². The van der Waals surface area contributed by atoms with Gasteiger partial charge in [0.1, 0.15) is 0 Å². The molecule has 5 nitrogen and oxygen atoms in total. The molecule has 3 saturated heterocycles. The van der Waals surface area contributed by atoms with Crippen molar-refractivity contribution < 1.29 is 9.26 Å². The zero-order valence-corrected chi connectivity index (χ0v) is 13.9. The topological polar surface area (TPSA) is 51.4 Å². The summed E-state index contributed by atoms with van der Waals surface area (Å²) in [6.45, 7) is 3.49. The number of hydrogen-bond donors (Lipinski definition) is 0. The van der Waals surface area contributed by atoms with Crippen LogP contribution in [-0.2, 0) is 11.3 Å². The van der Waals surface area contributed by atoms with Crippen molar-refractivity contribution in [1.29, 1.82) is 0 Å². The molecule has 2 aromatic rings. The van der Waals surface area contributed by atoms with E-state index in [4.69, 9.17) is 9.26 Å². The highest BCUT2D eigenvalue weighted by Gasteiger charge is 2.44. The Balaban J connectivity index is 1.30. The highest BCUT2D eigenvalue weighted by molar-refractivity contribution is 5.54. The molecular formula is C19H23N3O2. The summed E-state index contributed by atoms with van der Waals surface area (Å²) in [5.41, 5.74) is 2.38. The van der Waals surface area contributed by atoms with Crippen molar-refractivity contribution in [3.63, 3.8) is 0 Å². The third-order valence-electron chi connectivity index (χ3n) is 5.68. The Bertz CT molecular complexity index is 706. The van der Waals surface area contributed by atoms with Crippen LogP contribution in [0.15, 0.2) is 28.8 Å². The predicted octanol–water partition coefficient (Wildman–Crippen LogP) is 3.37. The van der Waals surface area contributed by atoms with Crippen molar-refractivity contribution in [1.82, 2.24) is 15.0 Å². The summed E-state index contributed by atoms with van der Waals surface area (Å²) in [4.78, 5) is 7.16. The molecule has 2 bridgehead atoms. The second-order valence-corrected chi connectivity index (χ2v) is 7.35. The molecule has 3 unspecified atom stereocenters. The van der Waals surface area contributed by atoms with Gasteiger partial charge in [-0.2, -0.15) is 4.98 Å². The highest BCUT2D eigenvalue weighted by Crippen LogP contribution is 2.44. The lowest BCUT2D eigenvalue weighted by Crippen LogP contribution is -2.18. The molecule has 0 spiro atoms. The molecule has 3 atom stereocenters. The van der Waals surface area contributed by atoms with Crippen molar-refractivity contribution in [3.8, 4) is 11.4 Å². The van der Waals surface area contributed by atoms with E-state index in [-0.39, 0.29) is 6.10 Å². The second-order valence-electron chi connectivity index (χ2n) is 7.35. The van der Waals surface area contributed by atoms with Crippen molar-refractivity contribution in [2.75, 3.05) is 13.1 Å². The van der Waals surface area contributed by atoms with E-state index in [1.165, 1.54) is 37.9 Å². The molecule has 1 aromatic heterocycles. The van der Waals surface area contributed by atoms with E-state index in [1.807, 2.05) is 0 Å². The fourth-order valence-electron chi connectivity index (χ4n) is 4.36. The predicted molar refractivity (Wildman–Crippen MR) is 89.5 cm³/mol. The van der Waals surface area contributed by atoms with Crippen LogP contribution in [0.25, 0.3) is 11.4 Å². The molecule has 24 heavy (non-hydrogen) atoms. The summed E-state index contributed by atoms with van der Waals surface area (Å²) in [6, 6.07) is 8.59. The van der Waals surface area contributed by atoms with E-state index in [9.17, 15) is 0 Å². The van der Waals surface area contributed by atoms with Crippen LogP contribution in [-0.4, -0.2) is 40.3 Å². The van der Waals surface area contributed by atoms with Gasteiger partial charge in [-0.15, -0.1) is 0 Å². The van der Waals surface area contributed by atoms with Crippen LogP contribution in [0.1, 0.15) is 49.5 Å². The summed E-state index contributed by atoms with van der Waals surface area (Å²) in [5.74, 6) is 1.73. The molecule has 0 N–H and O–H groups in total. The lowest BCUT2D eigenvalue weighted by molar-refractivity contribution is 0.0974. The minimum absolute atomic E-state index is 0.283. The second kappa shape index (κ2) is 5.97. The molecule has 0 amide bonds. The number of benzene rings is 1. The van der Waals surface area contributed by atoms with Gasteiger partial charge in [-0.05, 0) is 50.8 Å². The summed E-state index contributed by atoms with van der Waals surface area (Å²) in [5, 5.41) is 4.20. The van der Waals surface area contributed by atoms with Crippen LogP contribution < -0.4 is 0 Å². The molecule has 4 heterocycles. The SMILES string of the molecule is c1cc(-c2noc(C3CC4CCC3O4)n2)ccc1CN1CCCC1. The molecule has 3 fully saturated rings. The Morgan fingerprint density at radius 3 is 2.62 bits per heavy atom. The lowest BCUT2D eigenvalue weighted by Gasteiger charge is -2.14. The number of nitrogens with zero attached hydrogens (tertiary/aromatic N) is 3. The number of rotatable bonds is 4. The van der Waals surface area contributed by atoms with E-state index in [0.717, 1.165) is 30.8 Å². The van der Waals surface area contributed by atoms with E-state index >= 15 is 0 Å². The third-order valence-corrected chi connectivity index (χ3v) is 5.68. The van der Waals surface area contributed by atoms with E-state index < -0.39 is 0 Å². The zero-order valence-electron chi connectivity index (χ0n) is 13.9. The molecule has 5 heteroatoms. The van der Waals surface area contributed by atoms with Gasteiger partial charge >= 0.3 is 0 Å². The van der Waals surface area contributed by atoms with Gasteiger partial charge in [-0.1, -0.05) is 29.4 Å². The smallest absolute Gasteiger partial charge is 0.232 e. The van der Waals surface area contributed by atoms with E-state index in [2.05, 4.69) is 39.3 Å². The van der Waals surface area contributed by atoms with Gasteiger partial charge in [0.15, 0.2) is 0 Å². The quantitative estimate of drug-likeness (QED) is 0.862. The van der Waals surface area contributed by atoms with E-state index in [1.54, 1.807) is 0 Å². The van der Waals surface area contributed by atoms with Gasteiger partial charge in [0, 0.05) is 12.1 Å². The number of fused-ring (bicyclic) bond motifs is 2. The van der Waals surface area contributed by atoms with Crippen LogP contribution in [0.5, 0.6) is 0 Å². The van der Waals surface area contributed by atoms with Crippen LogP contribution in [0.3, 0.4) is 0 Å². The normalized spacial score (nSPS) is 29.6. The van der Waals surface area contributed by atoms with Crippen molar-refractivity contribution >= 4 is 0 Å². The average Bonchev–Trinajstić information content (AvgIpc) is 3.39. The Kier molecular flexibility index (Phi) is 3.64. The molecule has 3 aliphatic heterocycles. The first-order valence-corrected chi connectivity index (χ1v) is 9.16. The fourth-order valence-corrected chi connectivity index (χ4v) is 4.36. The summed E-state index contributed by atoms with van der Waals surface area (Å²) in [7, 11) is 0. The molecule has 126 valence electrons. The van der Waals surface area contributed by atoms with Crippen molar-refractivity contribution in [3.05, 3.63) is 35.7 Å². The summed E-state index contributed by atoms with van der Waals surface area (Å²) < 4.78 is 11.4. The molecule has 3 aliphatic rings. The monoisotopic (exact) mass is 325 g/mol. The Hall–Kier alpha value is -1.72. The molecule has 0 radical (unpaired) electrons. The van der Waals surface area contributed by atoms with Crippen LogP contribution in [0, 0.1) is 0 Å². The summed E-state index contributed by atoms with van der Waals surface area (Å²) >= 11 is 0. The van der Waals surface area contributed by atoms with Crippen LogP contribution >= 0.6 is 0 Å². The maximum absolute atomic E-state index is 5.90. The third kappa shape index (κ3) is 2.66. The van der Waals surface area contributed by atoms with Gasteiger partial charge in [0.2, 0.25) is 11.7 Å². The Labute approximate surface area is 142 Å². The molecule has 1 aromatic carbocycles. The number of hydrogen-bond acceptors (Lipinski definition) is 5. The van der Waals surface area contributed by atoms with E-state index in [0.29, 0.717) is 17.8 Å².